The fraction of sp³-hybridized carbons (Fsp3) is 0.375. The molecule has 1 aromatic rings. The lowest BCUT2D eigenvalue weighted by Gasteiger charge is -2.06. The van der Waals surface area contributed by atoms with Crippen LogP contribution in [0.2, 0.25) is 0 Å². The number of aromatic carboxylic acids is 1. The van der Waals surface area contributed by atoms with E-state index in [0.717, 1.165) is 23.1 Å². The number of rotatable bonds is 5. The van der Waals surface area contributed by atoms with E-state index in [1.54, 1.807) is 5.38 Å². The third-order valence-corrected chi connectivity index (χ3v) is 3.28. The topological polar surface area (TPSA) is 46.5 Å². The average molecular weight is 272 g/mol. The van der Waals surface area contributed by atoms with Gasteiger partial charge in [-0.05, 0) is 6.07 Å². The minimum absolute atomic E-state index is 0.151. The summed E-state index contributed by atoms with van der Waals surface area (Å²) in [6.45, 7) is -1.30. The molecule has 0 saturated carbocycles. The number of carboxylic acid groups (broad SMARTS) is 1. The van der Waals surface area contributed by atoms with Crippen molar-refractivity contribution in [1.82, 2.24) is 0 Å². The summed E-state index contributed by atoms with van der Waals surface area (Å²) >= 11 is 2.05. The molecule has 1 rings (SSSR count). The lowest BCUT2D eigenvalue weighted by atomic mass is 10.5. The summed E-state index contributed by atoms with van der Waals surface area (Å²) in [7, 11) is 0. The van der Waals surface area contributed by atoms with Gasteiger partial charge in [0.05, 0.1) is 5.94 Å². The summed E-state index contributed by atoms with van der Waals surface area (Å²) in [6, 6.07) is 1.40. The molecule has 1 N–H and O–H groups in total. The molecule has 1 aromatic heterocycles. The lowest BCUT2D eigenvalue weighted by molar-refractivity contribution is -0.168. The van der Waals surface area contributed by atoms with Crippen LogP contribution in [0.1, 0.15) is 9.67 Å². The molecule has 0 aliphatic heterocycles. The Labute approximate surface area is 97.2 Å². The Morgan fingerprint density at radius 1 is 1.56 bits per heavy atom. The molecule has 0 bridgehead atoms. The first-order valence-corrected chi connectivity index (χ1v) is 5.84. The van der Waals surface area contributed by atoms with Crippen LogP contribution in [0, 0.1) is 0 Å². The van der Waals surface area contributed by atoms with Crippen molar-refractivity contribution < 1.29 is 27.8 Å². The molecule has 0 aliphatic carbocycles. The minimum atomic E-state index is -4.33. The normalized spacial score (nSPS) is 11.7. The van der Waals surface area contributed by atoms with Gasteiger partial charge in [-0.2, -0.15) is 13.2 Å². The van der Waals surface area contributed by atoms with Crippen molar-refractivity contribution in [3.05, 3.63) is 16.3 Å². The van der Waals surface area contributed by atoms with Gasteiger partial charge in [0.15, 0.2) is 0 Å². The van der Waals surface area contributed by atoms with E-state index in [2.05, 4.69) is 4.74 Å². The molecule has 0 spiro atoms. The number of carboxylic acids is 1. The summed E-state index contributed by atoms with van der Waals surface area (Å²) in [5.41, 5.74) is 0. The van der Waals surface area contributed by atoms with E-state index in [0.29, 0.717) is 4.90 Å². The zero-order valence-corrected chi connectivity index (χ0v) is 9.42. The van der Waals surface area contributed by atoms with Crippen LogP contribution in [-0.2, 0) is 4.74 Å². The molecule has 0 amide bonds. The number of thiophene rings is 1. The third kappa shape index (κ3) is 4.86. The Balaban J connectivity index is 2.30. The third-order valence-electron chi connectivity index (χ3n) is 1.36. The maximum absolute atomic E-state index is 11.7. The van der Waals surface area contributed by atoms with Crippen LogP contribution in [-0.4, -0.2) is 29.8 Å². The first kappa shape index (κ1) is 13.3. The van der Waals surface area contributed by atoms with Crippen LogP contribution in [0.25, 0.3) is 0 Å². The monoisotopic (exact) mass is 272 g/mol. The van der Waals surface area contributed by atoms with Crippen molar-refractivity contribution in [2.75, 3.05) is 12.5 Å². The van der Waals surface area contributed by atoms with E-state index in [1.807, 2.05) is 0 Å². The maximum Gasteiger partial charge on any atom is 0.411 e. The summed E-state index contributed by atoms with van der Waals surface area (Å²) in [6.07, 6.45) is -4.33. The molecule has 1 heterocycles. The van der Waals surface area contributed by atoms with Gasteiger partial charge in [0, 0.05) is 10.3 Å². The smallest absolute Gasteiger partial charge is 0.411 e. The number of hydrogen-bond donors (Lipinski definition) is 1. The summed E-state index contributed by atoms with van der Waals surface area (Å²) in [5.74, 6) is -1.21. The standard InChI is InChI=1S/C8H7F3O3S2/c9-8(10,11)3-14-4-16-5-1-6(7(12)13)15-2-5/h1-2H,3-4H2,(H,12,13). The number of ether oxygens (including phenoxy) is 1. The van der Waals surface area contributed by atoms with E-state index in [1.165, 1.54) is 6.07 Å². The van der Waals surface area contributed by atoms with E-state index < -0.39 is 18.8 Å². The molecule has 0 radical (unpaired) electrons. The lowest BCUT2D eigenvalue weighted by Crippen LogP contribution is -2.16. The molecule has 0 aliphatic rings. The summed E-state index contributed by atoms with van der Waals surface area (Å²) in [4.78, 5) is 11.2. The number of thioether (sulfide) groups is 1. The molecular formula is C8H7F3O3S2. The Morgan fingerprint density at radius 2 is 2.25 bits per heavy atom. The highest BCUT2D eigenvalue weighted by atomic mass is 32.2. The van der Waals surface area contributed by atoms with Gasteiger partial charge in [-0.1, -0.05) is 11.8 Å². The molecule has 0 unspecified atom stereocenters. The molecule has 16 heavy (non-hydrogen) atoms. The predicted molar refractivity (Wildman–Crippen MR) is 54.0 cm³/mol. The van der Waals surface area contributed by atoms with Crippen LogP contribution < -0.4 is 0 Å². The van der Waals surface area contributed by atoms with Crippen molar-refractivity contribution in [2.24, 2.45) is 0 Å². The van der Waals surface area contributed by atoms with Gasteiger partial charge in [-0.15, -0.1) is 11.3 Å². The van der Waals surface area contributed by atoms with E-state index in [-0.39, 0.29) is 10.8 Å². The second-order valence-corrected chi connectivity index (χ2v) is 4.58. The van der Waals surface area contributed by atoms with Crippen molar-refractivity contribution in [1.29, 1.82) is 0 Å². The van der Waals surface area contributed by atoms with Gasteiger partial charge in [0.1, 0.15) is 11.5 Å². The molecule has 90 valence electrons. The highest BCUT2D eigenvalue weighted by Crippen LogP contribution is 2.25. The Hall–Kier alpha value is -0.730. The van der Waals surface area contributed by atoms with Gasteiger partial charge in [-0.3, -0.25) is 0 Å². The number of alkyl halides is 3. The zero-order chi connectivity index (χ0) is 12.2. The highest BCUT2D eigenvalue weighted by Gasteiger charge is 2.27. The maximum atomic E-state index is 11.7. The number of hydrogen-bond acceptors (Lipinski definition) is 4. The molecule has 0 fully saturated rings. The number of carbonyl (C=O) groups is 1. The Morgan fingerprint density at radius 3 is 2.75 bits per heavy atom. The van der Waals surface area contributed by atoms with Gasteiger partial charge in [0.2, 0.25) is 0 Å². The predicted octanol–water partition coefficient (Wildman–Crippen LogP) is 3.07. The molecular weight excluding hydrogens is 265 g/mol. The summed E-state index contributed by atoms with van der Waals surface area (Å²) < 4.78 is 39.4. The fourth-order valence-electron chi connectivity index (χ4n) is 0.774. The van der Waals surface area contributed by atoms with E-state index in [9.17, 15) is 18.0 Å². The molecule has 0 aromatic carbocycles. The zero-order valence-electron chi connectivity index (χ0n) is 7.78. The van der Waals surface area contributed by atoms with Crippen molar-refractivity contribution in [2.45, 2.75) is 11.1 Å². The SMILES string of the molecule is O=C(O)c1cc(SCOCC(F)(F)F)cs1. The quantitative estimate of drug-likeness (QED) is 0.508. The van der Waals surface area contributed by atoms with Gasteiger partial charge >= 0.3 is 12.1 Å². The van der Waals surface area contributed by atoms with Crippen molar-refractivity contribution >= 4 is 29.1 Å². The molecule has 3 nitrogen and oxygen atoms in total. The second kappa shape index (κ2) is 5.55. The van der Waals surface area contributed by atoms with Crippen LogP contribution in [0.4, 0.5) is 13.2 Å². The van der Waals surface area contributed by atoms with E-state index in [4.69, 9.17) is 5.11 Å². The molecule has 8 heteroatoms. The van der Waals surface area contributed by atoms with E-state index >= 15 is 0 Å². The van der Waals surface area contributed by atoms with Crippen LogP contribution in [0.5, 0.6) is 0 Å². The van der Waals surface area contributed by atoms with Gasteiger partial charge in [0.25, 0.3) is 0 Å². The average Bonchev–Trinajstić information content (AvgIpc) is 2.59. The minimum Gasteiger partial charge on any atom is -0.477 e. The first-order chi connectivity index (χ1) is 7.38. The summed E-state index contributed by atoms with van der Waals surface area (Å²) in [5, 5.41) is 10.2. The van der Waals surface area contributed by atoms with Crippen molar-refractivity contribution in [3.8, 4) is 0 Å². The van der Waals surface area contributed by atoms with Gasteiger partial charge < -0.3 is 9.84 Å². The van der Waals surface area contributed by atoms with Crippen LogP contribution >= 0.6 is 23.1 Å². The molecule has 0 atom stereocenters. The van der Waals surface area contributed by atoms with Crippen LogP contribution in [0.3, 0.4) is 0 Å². The number of halogens is 3. The van der Waals surface area contributed by atoms with Crippen LogP contribution in [0.15, 0.2) is 16.3 Å². The largest absolute Gasteiger partial charge is 0.477 e. The first-order valence-electron chi connectivity index (χ1n) is 3.97. The Kier molecular flexibility index (Phi) is 4.63. The second-order valence-electron chi connectivity index (χ2n) is 2.68. The highest BCUT2D eigenvalue weighted by molar-refractivity contribution is 7.99. The fourth-order valence-corrected chi connectivity index (χ4v) is 2.38. The van der Waals surface area contributed by atoms with Gasteiger partial charge in [-0.25, -0.2) is 4.79 Å². The molecule has 0 saturated heterocycles. The van der Waals surface area contributed by atoms with Crippen molar-refractivity contribution in [3.63, 3.8) is 0 Å². The Bertz CT molecular complexity index is 362.